The predicted molar refractivity (Wildman–Crippen MR) is 74.0 cm³/mol. The van der Waals surface area contributed by atoms with Gasteiger partial charge in [-0.15, -0.1) is 0 Å². The van der Waals surface area contributed by atoms with Gasteiger partial charge in [-0.25, -0.2) is 9.97 Å². The van der Waals surface area contributed by atoms with Crippen LogP contribution in [0.15, 0.2) is 30.6 Å². The van der Waals surface area contributed by atoms with E-state index < -0.39 is 0 Å². The Labute approximate surface area is 112 Å². The van der Waals surface area contributed by atoms with Crippen LogP contribution < -0.4 is 14.8 Å². The van der Waals surface area contributed by atoms with Crippen LogP contribution in [-0.4, -0.2) is 23.6 Å². The van der Waals surface area contributed by atoms with Crippen LogP contribution >= 0.6 is 0 Å². The number of hydrogen-bond donors (Lipinski definition) is 1. The minimum absolute atomic E-state index is 0.552. The maximum absolute atomic E-state index is 5.75. The molecule has 1 heterocycles. The summed E-state index contributed by atoms with van der Waals surface area (Å²) in [5, 5.41) is 3.17. The van der Waals surface area contributed by atoms with Gasteiger partial charge < -0.3 is 14.8 Å². The number of hydrogen-bond acceptors (Lipinski definition) is 5. The molecule has 0 amide bonds. The van der Waals surface area contributed by atoms with Gasteiger partial charge in [0.15, 0.2) is 0 Å². The van der Waals surface area contributed by atoms with Crippen molar-refractivity contribution in [1.82, 2.24) is 9.97 Å². The van der Waals surface area contributed by atoms with Crippen LogP contribution in [0.25, 0.3) is 0 Å². The lowest BCUT2D eigenvalue weighted by atomic mass is 10.3. The van der Waals surface area contributed by atoms with Crippen LogP contribution in [0.5, 0.6) is 17.4 Å². The predicted octanol–water partition coefficient (Wildman–Crippen LogP) is 3.02. The molecule has 1 N–H and O–H groups in total. The molecule has 0 spiro atoms. The van der Waals surface area contributed by atoms with E-state index in [1.807, 2.05) is 38.1 Å². The Kier molecular flexibility index (Phi) is 4.18. The number of nitrogens with zero attached hydrogens (tertiary/aromatic N) is 2. The van der Waals surface area contributed by atoms with Gasteiger partial charge in [-0.3, -0.25) is 0 Å². The van der Waals surface area contributed by atoms with Crippen molar-refractivity contribution in [3.8, 4) is 17.4 Å². The minimum Gasteiger partial charge on any atom is -0.497 e. The Bertz CT molecular complexity index is 541. The molecule has 0 atom stereocenters. The van der Waals surface area contributed by atoms with Crippen molar-refractivity contribution < 1.29 is 9.47 Å². The smallest absolute Gasteiger partial charge is 0.227 e. The summed E-state index contributed by atoms with van der Waals surface area (Å²) in [5.74, 6) is 2.85. The highest BCUT2D eigenvalue weighted by Gasteiger charge is 2.08. The summed E-state index contributed by atoms with van der Waals surface area (Å²) in [6, 6.07) is 7.37. The van der Waals surface area contributed by atoms with Gasteiger partial charge in [0.1, 0.15) is 23.6 Å². The van der Waals surface area contributed by atoms with Gasteiger partial charge in [0.25, 0.3) is 0 Å². The van der Waals surface area contributed by atoms with Gasteiger partial charge in [0, 0.05) is 6.54 Å². The number of nitrogens with one attached hydrogen (secondary N) is 1. The first-order valence-corrected chi connectivity index (χ1v) is 6.12. The second-order valence-electron chi connectivity index (χ2n) is 3.96. The molecule has 1 aromatic carbocycles. The molecule has 2 aromatic rings. The molecule has 5 nitrogen and oxygen atoms in total. The fourth-order valence-corrected chi connectivity index (χ4v) is 1.64. The third-order valence-electron chi connectivity index (χ3n) is 2.66. The fraction of sp³-hybridized carbons (Fsp3) is 0.286. The van der Waals surface area contributed by atoms with E-state index in [1.54, 1.807) is 7.11 Å². The first kappa shape index (κ1) is 13.1. The lowest BCUT2D eigenvalue weighted by molar-refractivity contribution is 0.412. The number of anilines is 1. The second kappa shape index (κ2) is 6.04. The molecule has 0 aliphatic rings. The van der Waals surface area contributed by atoms with E-state index in [2.05, 4.69) is 15.3 Å². The molecule has 5 heteroatoms. The summed E-state index contributed by atoms with van der Waals surface area (Å²) in [5.41, 5.74) is 0.889. The molecule has 0 aliphatic carbocycles. The van der Waals surface area contributed by atoms with Gasteiger partial charge in [-0.1, -0.05) is 0 Å². The summed E-state index contributed by atoms with van der Waals surface area (Å²) >= 11 is 0. The highest BCUT2D eigenvalue weighted by molar-refractivity contribution is 5.48. The summed E-state index contributed by atoms with van der Waals surface area (Å²) in [6.45, 7) is 4.75. The van der Waals surface area contributed by atoms with E-state index in [4.69, 9.17) is 9.47 Å². The zero-order valence-corrected chi connectivity index (χ0v) is 11.3. The lowest BCUT2D eigenvalue weighted by Gasteiger charge is -2.11. The highest BCUT2D eigenvalue weighted by atomic mass is 16.5. The molecule has 100 valence electrons. The van der Waals surface area contributed by atoms with Gasteiger partial charge in [0.2, 0.25) is 5.88 Å². The summed E-state index contributed by atoms with van der Waals surface area (Å²) < 4.78 is 10.9. The molecule has 19 heavy (non-hydrogen) atoms. The normalized spacial score (nSPS) is 10.1. The molecule has 0 radical (unpaired) electrons. The van der Waals surface area contributed by atoms with E-state index in [1.165, 1.54) is 6.33 Å². The van der Waals surface area contributed by atoms with Crippen molar-refractivity contribution in [3.05, 3.63) is 36.2 Å². The number of rotatable bonds is 5. The largest absolute Gasteiger partial charge is 0.497 e. The Hall–Kier alpha value is -2.30. The average Bonchev–Trinajstić information content (AvgIpc) is 2.44. The SMILES string of the molecule is CCNc1ncnc(Oc2ccc(OC)cc2)c1C. The Balaban J connectivity index is 2.20. The molecule has 0 unspecified atom stereocenters. The van der Waals surface area contributed by atoms with E-state index in [0.717, 1.165) is 23.7 Å². The van der Waals surface area contributed by atoms with Crippen LogP contribution in [0.4, 0.5) is 5.82 Å². The highest BCUT2D eigenvalue weighted by Crippen LogP contribution is 2.27. The summed E-state index contributed by atoms with van der Waals surface area (Å²) in [6.07, 6.45) is 1.49. The first-order chi connectivity index (χ1) is 9.24. The lowest BCUT2D eigenvalue weighted by Crippen LogP contribution is -2.03. The summed E-state index contributed by atoms with van der Waals surface area (Å²) in [4.78, 5) is 8.33. The maximum Gasteiger partial charge on any atom is 0.227 e. The van der Waals surface area contributed by atoms with Crippen LogP contribution in [0.3, 0.4) is 0 Å². The molecule has 0 saturated heterocycles. The number of aromatic nitrogens is 2. The molecule has 0 aliphatic heterocycles. The molecular formula is C14H17N3O2. The molecule has 0 bridgehead atoms. The van der Waals surface area contributed by atoms with Gasteiger partial charge in [-0.05, 0) is 38.1 Å². The van der Waals surface area contributed by atoms with Crippen LogP contribution in [0.1, 0.15) is 12.5 Å². The molecule has 2 rings (SSSR count). The first-order valence-electron chi connectivity index (χ1n) is 6.12. The Morgan fingerprint density at radius 1 is 1.11 bits per heavy atom. The van der Waals surface area contributed by atoms with E-state index in [9.17, 15) is 0 Å². The van der Waals surface area contributed by atoms with Gasteiger partial charge >= 0.3 is 0 Å². The van der Waals surface area contributed by atoms with Crippen molar-refractivity contribution in [2.45, 2.75) is 13.8 Å². The third-order valence-corrected chi connectivity index (χ3v) is 2.66. The van der Waals surface area contributed by atoms with Crippen LogP contribution in [-0.2, 0) is 0 Å². The quantitative estimate of drug-likeness (QED) is 0.894. The average molecular weight is 259 g/mol. The Morgan fingerprint density at radius 2 is 1.79 bits per heavy atom. The van der Waals surface area contributed by atoms with E-state index in [-0.39, 0.29) is 0 Å². The van der Waals surface area contributed by atoms with Crippen molar-refractivity contribution >= 4 is 5.82 Å². The molecule has 1 aromatic heterocycles. The summed E-state index contributed by atoms with van der Waals surface area (Å²) in [7, 11) is 1.63. The zero-order chi connectivity index (χ0) is 13.7. The van der Waals surface area contributed by atoms with Crippen LogP contribution in [0, 0.1) is 6.92 Å². The van der Waals surface area contributed by atoms with Crippen LogP contribution in [0.2, 0.25) is 0 Å². The zero-order valence-electron chi connectivity index (χ0n) is 11.3. The molecule has 0 fully saturated rings. The third kappa shape index (κ3) is 3.13. The van der Waals surface area contributed by atoms with Gasteiger partial charge in [-0.2, -0.15) is 0 Å². The second-order valence-corrected chi connectivity index (χ2v) is 3.96. The fourth-order valence-electron chi connectivity index (χ4n) is 1.64. The number of benzene rings is 1. The molecule has 0 saturated carbocycles. The van der Waals surface area contributed by atoms with E-state index in [0.29, 0.717) is 11.6 Å². The van der Waals surface area contributed by atoms with E-state index >= 15 is 0 Å². The van der Waals surface area contributed by atoms with Crippen molar-refractivity contribution in [2.24, 2.45) is 0 Å². The van der Waals surface area contributed by atoms with Crippen molar-refractivity contribution in [3.63, 3.8) is 0 Å². The van der Waals surface area contributed by atoms with Crippen molar-refractivity contribution in [1.29, 1.82) is 0 Å². The number of ether oxygens (including phenoxy) is 2. The molecular weight excluding hydrogens is 242 g/mol. The van der Waals surface area contributed by atoms with Gasteiger partial charge in [0.05, 0.1) is 12.7 Å². The number of methoxy groups -OCH3 is 1. The monoisotopic (exact) mass is 259 g/mol. The maximum atomic E-state index is 5.75. The Morgan fingerprint density at radius 3 is 2.42 bits per heavy atom. The topological polar surface area (TPSA) is 56.3 Å². The van der Waals surface area contributed by atoms with Crippen molar-refractivity contribution in [2.75, 3.05) is 19.0 Å². The minimum atomic E-state index is 0.552. The standard InChI is InChI=1S/C14H17N3O2/c1-4-15-13-10(2)14(17-9-16-13)19-12-7-5-11(18-3)6-8-12/h5-9H,4H2,1-3H3,(H,15,16,17).